The molecule has 19 heteroatoms. The lowest BCUT2D eigenvalue weighted by atomic mass is 9.96. The lowest BCUT2D eigenvalue weighted by Gasteiger charge is -2.48. The van der Waals surface area contributed by atoms with Crippen LogP contribution in [0.4, 0.5) is 0 Å². The number of carbonyl (C=O) groups is 1. The van der Waals surface area contributed by atoms with Crippen LogP contribution in [0.1, 0.15) is 264 Å². The van der Waals surface area contributed by atoms with Crippen LogP contribution < -0.4 is 5.32 Å². The van der Waals surface area contributed by atoms with Crippen LogP contribution >= 0.6 is 0 Å². The van der Waals surface area contributed by atoms with E-state index in [0.717, 1.165) is 51.4 Å². The molecule has 3 saturated heterocycles. The number of rotatable bonds is 54. The lowest BCUT2D eigenvalue weighted by molar-refractivity contribution is -0.379. The second-order valence-electron chi connectivity index (χ2n) is 25.3. The first-order valence-electron chi connectivity index (χ1n) is 35.2. The van der Waals surface area contributed by atoms with E-state index < -0.39 is 124 Å². The van der Waals surface area contributed by atoms with Crippen LogP contribution in [0.5, 0.6) is 0 Å². The summed E-state index contributed by atoms with van der Waals surface area (Å²) in [6.45, 7) is 1.65. The molecule has 3 heterocycles. The van der Waals surface area contributed by atoms with Crippen molar-refractivity contribution in [3.63, 3.8) is 0 Å². The van der Waals surface area contributed by atoms with Crippen molar-refractivity contribution in [2.24, 2.45) is 0 Å². The maximum Gasteiger partial charge on any atom is 0.220 e. The number of aliphatic hydroxyl groups excluding tert-OH is 11. The fourth-order valence-corrected chi connectivity index (χ4v) is 12.0. The molecule has 0 spiro atoms. The van der Waals surface area contributed by atoms with E-state index in [0.29, 0.717) is 19.3 Å². The molecule has 17 unspecified atom stereocenters. The molecule has 0 radical (unpaired) electrons. The molecule has 3 rings (SSSR count). The van der Waals surface area contributed by atoms with Gasteiger partial charge < -0.3 is 89.9 Å². The van der Waals surface area contributed by atoms with Gasteiger partial charge in [-0.3, -0.25) is 4.79 Å². The zero-order valence-corrected chi connectivity index (χ0v) is 54.5. The van der Waals surface area contributed by atoms with Crippen molar-refractivity contribution >= 4 is 5.91 Å². The third-order valence-corrected chi connectivity index (χ3v) is 17.7. The third-order valence-electron chi connectivity index (χ3n) is 17.7. The average Bonchev–Trinajstić information content (AvgIpc) is 1.13. The summed E-state index contributed by atoms with van der Waals surface area (Å²) >= 11 is 0. The Kier molecular flexibility index (Phi) is 46.9. The topological polar surface area (TPSA) is 307 Å². The van der Waals surface area contributed by atoms with E-state index in [-0.39, 0.29) is 18.9 Å². The van der Waals surface area contributed by atoms with Gasteiger partial charge in [-0.15, -0.1) is 0 Å². The van der Waals surface area contributed by atoms with Crippen LogP contribution in [0.2, 0.25) is 0 Å². The summed E-state index contributed by atoms with van der Waals surface area (Å²) in [6, 6.07) is -0.880. The van der Waals surface area contributed by atoms with Gasteiger partial charge >= 0.3 is 0 Å². The Morgan fingerprint density at radius 3 is 1.17 bits per heavy atom. The van der Waals surface area contributed by atoms with E-state index in [9.17, 15) is 61.0 Å². The third kappa shape index (κ3) is 33.2. The largest absolute Gasteiger partial charge is 0.394 e. The monoisotopic (exact) mass is 1260 g/mol. The van der Waals surface area contributed by atoms with Crippen LogP contribution in [0.3, 0.4) is 0 Å². The Labute approximate surface area is 530 Å². The van der Waals surface area contributed by atoms with E-state index in [1.54, 1.807) is 0 Å². The molecule has 3 aliphatic rings. The highest BCUT2D eigenvalue weighted by molar-refractivity contribution is 5.76. The van der Waals surface area contributed by atoms with E-state index in [2.05, 4.69) is 55.6 Å². The molecule has 3 aliphatic heterocycles. The van der Waals surface area contributed by atoms with E-state index in [4.69, 9.17) is 28.4 Å². The van der Waals surface area contributed by atoms with Gasteiger partial charge in [-0.25, -0.2) is 0 Å². The molecule has 3 fully saturated rings. The Balaban J connectivity index is 1.20. The van der Waals surface area contributed by atoms with Crippen LogP contribution in [0.25, 0.3) is 0 Å². The first-order valence-corrected chi connectivity index (χ1v) is 35.2. The van der Waals surface area contributed by atoms with Crippen molar-refractivity contribution in [3.05, 3.63) is 36.5 Å². The maximum atomic E-state index is 13.2. The smallest absolute Gasteiger partial charge is 0.220 e. The molecule has 17 atom stereocenters. The maximum absolute atomic E-state index is 13.2. The van der Waals surface area contributed by atoms with Gasteiger partial charge in [0.25, 0.3) is 0 Å². The molecule has 0 saturated carbocycles. The molecular weight excluding hydrogens is 1130 g/mol. The average molecular weight is 1260 g/mol. The van der Waals surface area contributed by atoms with E-state index >= 15 is 0 Å². The number of allylic oxidation sites excluding steroid dienone is 6. The van der Waals surface area contributed by atoms with Crippen molar-refractivity contribution in [2.75, 3.05) is 26.4 Å². The minimum Gasteiger partial charge on any atom is -0.394 e. The highest BCUT2D eigenvalue weighted by atomic mass is 16.8. The van der Waals surface area contributed by atoms with Gasteiger partial charge in [0.15, 0.2) is 18.9 Å². The minimum atomic E-state index is -1.97. The summed E-state index contributed by atoms with van der Waals surface area (Å²) in [5.74, 6) is -0.249. The van der Waals surface area contributed by atoms with Crippen LogP contribution in [0.15, 0.2) is 36.5 Å². The van der Waals surface area contributed by atoms with Gasteiger partial charge in [0.2, 0.25) is 5.91 Å². The Morgan fingerprint density at radius 2 is 0.750 bits per heavy atom. The van der Waals surface area contributed by atoms with Gasteiger partial charge in [0.05, 0.1) is 38.6 Å². The van der Waals surface area contributed by atoms with Crippen molar-refractivity contribution < 1.29 is 89.4 Å². The van der Waals surface area contributed by atoms with Crippen molar-refractivity contribution in [2.45, 2.75) is 369 Å². The molecule has 88 heavy (non-hydrogen) atoms. The standard InChI is InChI=1S/C69H127NO18/c1-3-5-7-9-10-11-12-13-14-15-16-17-18-19-20-21-22-23-24-25-26-27-28-29-30-31-32-33-34-35-36-37-38-39-40-41-42-43-45-47-57(75)70-52(53(74)46-44-8-6-4-2)51-83-67-63(81)60(78)65(55(49-72)85-67)88-69-64(82)61(79)66(56(50-73)86-69)87-68-62(80)59(77)58(76)54(48-71)84-68/h12-13,15-16,18-19,52-56,58-69,71-74,76-82H,3-11,14,17,20-51H2,1-2H3,(H,70,75)/b13-12-,16-15-,19-18-. The summed E-state index contributed by atoms with van der Waals surface area (Å²) < 4.78 is 34.1. The molecular formula is C69H127NO18. The first kappa shape index (κ1) is 80.2. The summed E-state index contributed by atoms with van der Waals surface area (Å²) in [4.78, 5) is 13.2. The first-order chi connectivity index (χ1) is 42.8. The molecule has 1 amide bonds. The predicted octanol–water partition coefficient (Wildman–Crippen LogP) is 9.22. The Hall–Kier alpha value is -1.99. The number of aliphatic hydroxyl groups is 11. The van der Waals surface area contributed by atoms with Crippen LogP contribution in [-0.2, 0) is 33.2 Å². The number of carbonyl (C=O) groups excluding carboxylic acids is 1. The van der Waals surface area contributed by atoms with Crippen LogP contribution in [0, 0.1) is 0 Å². The van der Waals surface area contributed by atoms with E-state index in [1.807, 2.05) is 0 Å². The zero-order chi connectivity index (χ0) is 64.0. The Morgan fingerprint density at radius 1 is 0.409 bits per heavy atom. The quantitative estimate of drug-likeness (QED) is 0.0199. The molecule has 19 nitrogen and oxygen atoms in total. The zero-order valence-electron chi connectivity index (χ0n) is 54.5. The van der Waals surface area contributed by atoms with Gasteiger partial charge in [0, 0.05) is 6.42 Å². The van der Waals surface area contributed by atoms with Crippen molar-refractivity contribution in [1.29, 1.82) is 0 Å². The molecule has 0 aromatic rings. The molecule has 12 N–H and O–H groups in total. The van der Waals surface area contributed by atoms with Gasteiger partial charge in [-0.2, -0.15) is 0 Å². The summed E-state index contributed by atoms with van der Waals surface area (Å²) in [5, 5.41) is 120. The number of hydrogen-bond acceptors (Lipinski definition) is 18. The number of hydrogen-bond donors (Lipinski definition) is 12. The molecule has 0 aromatic heterocycles. The number of nitrogens with one attached hydrogen (secondary N) is 1. The molecule has 0 aromatic carbocycles. The minimum absolute atomic E-state index is 0.249. The van der Waals surface area contributed by atoms with Gasteiger partial charge in [-0.05, 0) is 51.4 Å². The van der Waals surface area contributed by atoms with Gasteiger partial charge in [0.1, 0.15) is 73.2 Å². The highest BCUT2D eigenvalue weighted by Gasteiger charge is 2.53. The van der Waals surface area contributed by atoms with Crippen LogP contribution in [-0.4, -0.2) is 193 Å². The summed E-state index contributed by atoms with van der Waals surface area (Å²) in [6.07, 6.45) is 33.8. The summed E-state index contributed by atoms with van der Waals surface area (Å²) in [5.41, 5.74) is 0. The number of amides is 1. The highest BCUT2D eigenvalue weighted by Crippen LogP contribution is 2.33. The SMILES string of the molecule is CCCCCCC/C=C\C/C=C\C/C=C\CCCCCCCCCCCCCCCCCCCCCCCCCCC(=O)NC(COC1OC(CO)C(OC2OC(CO)C(OC3OC(CO)C(O)C(O)C3O)C(O)C2O)C(O)C1O)C(O)CCCCCC. The second-order valence-corrected chi connectivity index (χ2v) is 25.3. The van der Waals surface area contributed by atoms with Crippen molar-refractivity contribution in [1.82, 2.24) is 5.32 Å². The fraction of sp³-hybridized carbons (Fsp3) is 0.899. The summed E-state index contributed by atoms with van der Waals surface area (Å²) in [7, 11) is 0. The second kappa shape index (κ2) is 51.4. The lowest BCUT2D eigenvalue weighted by Crippen LogP contribution is -2.66. The molecule has 0 aliphatic carbocycles. The number of ether oxygens (including phenoxy) is 6. The van der Waals surface area contributed by atoms with Crippen molar-refractivity contribution in [3.8, 4) is 0 Å². The molecule has 516 valence electrons. The number of unbranched alkanes of at least 4 members (excludes halogenated alkanes) is 32. The van der Waals surface area contributed by atoms with Gasteiger partial charge in [-0.1, -0.05) is 243 Å². The molecule has 0 bridgehead atoms. The van der Waals surface area contributed by atoms with E-state index in [1.165, 1.54) is 173 Å². The fourth-order valence-electron chi connectivity index (χ4n) is 12.0. The normalized spacial score (nSPS) is 28.6. The Bertz CT molecular complexity index is 1740. The predicted molar refractivity (Wildman–Crippen MR) is 342 cm³/mol.